The van der Waals surface area contributed by atoms with Gasteiger partial charge in [0.2, 0.25) is 0 Å². The summed E-state index contributed by atoms with van der Waals surface area (Å²) in [5.74, 6) is 4.88. The normalized spacial score (nSPS) is 9.75. The largest absolute Gasteiger partial charge is 0.384 e. The first-order chi connectivity index (χ1) is 9.60. The van der Waals surface area contributed by atoms with Gasteiger partial charge in [-0.25, -0.2) is 4.98 Å². The number of hydrogen-bond donors (Lipinski definition) is 2. The number of rotatable bonds is 2. The first-order valence-electron chi connectivity index (χ1n) is 5.42. The molecule has 0 aliphatic rings. The number of aliphatic hydroxyl groups is 1. The third-order valence-electron chi connectivity index (χ3n) is 2.20. The lowest BCUT2D eigenvalue weighted by atomic mass is 10.2. The standard InChI is InChI=1S/C13H8Cl2N2O2S/c14-10-4-3-8(6-11(10)15)12(19)17-13-16-7-9(20-13)2-1-5-18/h3-4,6-7,18H,5H2,(H,16,17,19). The molecule has 2 aromatic rings. The number of carbonyl (C=O) groups excluding carboxylic acids is 1. The second kappa shape index (κ2) is 6.73. The Morgan fingerprint density at radius 3 is 2.90 bits per heavy atom. The smallest absolute Gasteiger partial charge is 0.257 e. The van der Waals surface area contributed by atoms with Crippen LogP contribution in [0.3, 0.4) is 0 Å². The van der Waals surface area contributed by atoms with Crippen molar-refractivity contribution in [3.63, 3.8) is 0 Å². The van der Waals surface area contributed by atoms with Crippen LogP contribution in [0.1, 0.15) is 15.2 Å². The Morgan fingerprint density at radius 2 is 2.20 bits per heavy atom. The van der Waals surface area contributed by atoms with E-state index in [4.69, 9.17) is 28.3 Å². The maximum atomic E-state index is 12.0. The van der Waals surface area contributed by atoms with Crippen molar-refractivity contribution in [3.8, 4) is 11.8 Å². The van der Waals surface area contributed by atoms with Gasteiger partial charge < -0.3 is 5.11 Å². The Hall–Kier alpha value is -1.58. The van der Waals surface area contributed by atoms with Crippen molar-refractivity contribution >= 4 is 45.6 Å². The number of nitrogens with zero attached hydrogens (tertiary/aromatic N) is 1. The SMILES string of the molecule is O=C(Nc1ncc(C#CCO)s1)c1ccc(Cl)c(Cl)c1. The molecular weight excluding hydrogens is 319 g/mol. The van der Waals surface area contributed by atoms with E-state index >= 15 is 0 Å². The van der Waals surface area contributed by atoms with E-state index in [0.29, 0.717) is 25.6 Å². The van der Waals surface area contributed by atoms with E-state index in [2.05, 4.69) is 22.1 Å². The Labute approximate surface area is 129 Å². The molecule has 1 aromatic carbocycles. The van der Waals surface area contributed by atoms with Gasteiger partial charge in [-0.2, -0.15) is 0 Å². The van der Waals surface area contributed by atoms with Gasteiger partial charge in [0.25, 0.3) is 5.91 Å². The molecule has 4 nitrogen and oxygen atoms in total. The lowest BCUT2D eigenvalue weighted by Crippen LogP contribution is -2.11. The minimum atomic E-state index is -0.334. The van der Waals surface area contributed by atoms with Crippen LogP contribution in [0.4, 0.5) is 5.13 Å². The fraction of sp³-hybridized carbons (Fsp3) is 0.0769. The van der Waals surface area contributed by atoms with Gasteiger partial charge in [0, 0.05) is 5.56 Å². The first kappa shape index (κ1) is 14.8. The van der Waals surface area contributed by atoms with Gasteiger partial charge in [-0.1, -0.05) is 46.4 Å². The summed E-state index contributed by atoms with van der Waals surface area (Å²) in [5, 5.41) is 12.4. The summed E-state index contributed by atoms with van der Waals surface area (Å²) in [7, 11) is 0. The molecule has 1 heterocycles. The van der Waals surface area contributed by atoms with E-state index < -0.39 is 0 Å². The molecule has 102 valence electrons. The van der Waals surface area contributed by atoms with Gasteiger partial charge >= 0.3 is 0 Å². The van der Waals surface area contributed by atoms with E-state index in [-0.39, 0.29) is 12.5 Å². The van der Waals surface area contributed by atoms with Gasteiger partial charge in [0.1, 0.15) is 6.61 Å². The third kappa shape index (κ3) is 3.71. The molecule has 0 bridgehead atoms. The quantitative estimate of drug-likeness (QED) is 0.834. The highest BCUT2D eigenvalue weighted by atomic mass is 35.5. The molecule has 1 amide bonds. The Bertz CT molecular complexity index is 704. The highest BCUT2D eigenvalue weighted by molar-refractivity contribution is 7.16. The number of hydrogen-bond acceptors (Lipinski definition) is 4. The fourth-order valence-corrected chi connectivity index (χ4v) is 2.31. The molecule has 0 saturated heterocycles. The van der Waals surface area contributed by atoms with Crippen LogP contribution in [0.5, 0.6) is 0 Å². The number of amides is 1. The summed E-state index contributed by atoms with van der Waals surface area (Å²) in [6.07, 6.45) is 1.53. The second-order valence-corrected chi connectivity index (χ2v) is 5.42. The van der Waals surface area contributed by atoms with Crippen molar-refractivity contribution in [1.82, 2.24) is 4.98 Å². The number of nitrogens with one attached hydrogen (secondary N) is 1. The van der Waals surface area contributed by atoms with Gasteiger partial charge in [-0.3, -0.25) is 10.1 Å². The Morgan fingerprint density at radius 1 is 1.40 bits per heavy atom. The average Bonchev–Trinajstić information content (AvgIpc) is 2.87. The van der Waals surface area contributed by atoms with Crippen LogP contribution in [-0.4, -0.2) is 22.6 Å². The molecule has 20 heavy (non-hydrogen) atoms. The van der Waals surface area contributed by atoms with Crippen LogP contribution < -0.4 is 5.32 Å². The topological polar surface area (TPSA) is 62.2 Å². The molecule has 0 radical (unpaired) electrons. The van der Waals surface area contributed by atoms with Crippen molar-refractivity contribution in [3.05, 3.63) is 44.9 Å². The number of aliphatic hydroxyl groups excluding tert-OH is 1. The summed E-state index contributed by atoms with van der Waals surface area (Å²) in [6, 6.07) is 4.61. The zero-order chi connectivity index (χ0) is 14.5. The molecule has 0 atom stereocenters. The summed E-state index contributed by atoms with van der Waals surface area (Å²) in [4.78, 5) is 16.7. The van der Waals surface area contributed by atoms with Crippen LogP contribution in [-0.2, 0) is 0 Å². The molecular formula is C13H8Cl2N2O2S. The molecule has 7 heteroatoms. The summed E-state index contributed by atoms with van der Waals surface area (Å²) in [5.41, 5.74) is 0.387. The van der Waals surface area contributed by atoms with Crippen LogP contribution in [0.2, 0.25) is 10.0 Å². The van der Waals surface area contributed by atoms with Crippen molar-refractivity contribution in [2.75, 3.05) is 11.9 Å². The lowest BCUT2D eigenvalue weighted by molar-refractivity contribution is 0.102. The zero-order valence-corrected chi connectivity index (χ0v) is 12.3. The van der Waals surface area contributed by atoms with Gasteiger partial charge in [0.15, 0.2) is 5.13 Å². The number of carbonyl (C=O) groups is 1. The summed E-state index contributed by atoms with van der Waals surface area (Å²) >= 11 is 12.9. The predicted molar refractivity (Wildman–Crippen MR) is 80.5 cm³/mol. The molecule has 0 unspecified atom stereocenters. The fourth-order valence-electron chi connectivity index (χ4n) is 1.32. The van der Waals surface area contributed by atoms with E-state index in [1.807, 2.05) is 0 Å². The van der Waals surface area contributed by atoms with E-state index in [0.717, 1.165) is 0 Å². The molecule has 0 aliphatic heterocycles. The van der Waals surface area contributed by atoms with Gasteiger partial charge in [-0.15, -0.1) is 0 Å². The molecule has 0 fully saturated rings. The van der Waals surface area contributed by atoms with Gasteiger partial charge in [0.05, 0.1) is 21.1 Å². The molecule has 0 spiro atoms. The van der Waals surface area contributed by atoms with Crippen molar-refractivity contribution in [1.29, 1.82) is 0 Å². The van der Waals surface area contributed by atoms with E-state index in [1.165, 1.54) is 23.6 Å². The highest BCUT2D eigenvalue weighted by Gasteiger charge is 2.10. The predicted octanol–water partition coefficient (Wildman–Crippen LogP) is 3.05. The maximum absolute atomic E-state index is 12.0. The molecule has 2 N–H and O–H groups in total. The minimum absolute atomic E-state index is 0.219. The van der Waals surface area contributed by atoms with Gasteiger partial charge in [-0.05, 0) is 18.2 Å². The Balaban J connectivity index is 2.11. The van der Waals surface area contributed by atoms with Crippen LogP contribution in [0.25, 0.3) is 0 Å². The maximum Gasteiger partial charge on any atom is 0.257 e. The number of thiazole rings is 1. The molecule has 0 aliphatic carbocycles. The number of aromatic nitrogens is 1. The number of halogens is 2. The average molecular weight is 327 g/mol. The molecule has 0 saturated carbocycles. The van der Waals surface area contributed by atoms with Crippen molar-refractivity contribution in [2.24, 2.45) is 0 Å². The third-order valence-corrected chi connectivity index (χ3v) is 3.77. The minimum Gasteiger partial charge on any atom is -0.384 e. The van der Waals surface area contributed by atoms with Crippen LogP contribution in [0, 0.1) is 11.8 Å². The van der Waals surface area contributed by atoms with E-state index in [1.54, 1.807) is 12.1 Å². The first-order valence-corrected chi connectivity index (χ1v) is 6.99. The lowest BCUT2D eigenvalue weighted by Gasteiger charge is -2.02. The Kier molecular flexibility index (Phi) is 4.99. The summed E-state index contributed by atoms with van der Waals surface area (Å²) < 4.78 is 0. The molecule has 1 aromatic heterocycles. The van der Waals surface area contributed by atoms with Crippen LogP contribution in [0.15, 0.2) is 24.4 Å². The number of anilines is 1. The highest BCUT2D eigenvalue weighted by Crippen LogP contribution is 2.23. The molecule has 2 rings (SSSR count). The zero-order valence-electron chi connectivity index (χ0n) is 9.98. The van der Waals surface area contributed by atoms with E-state index in [9.17, 15) is 4.79 Å². The van der Waals surface area contributed by atoms with Crippen molar-refractivity contribution in [2.45, 2.75) is 0 Å². The number of benzene rings is 1. The monoisotopic (exact) mass is 326 g/mol. The van der Waals surface area contributed by atoms with Crippen molar-refractivity contribution < 1.29 is 9.90 Å². The summed E-state index contributed by atoms with van der Waals surface area (Å²) in [6.45, 7) is -0.219. The van der Waals surface area contributed by atoms with Crippen LogP contribution >= 0.6 is 34.5 Å². The second-order valence-electron chi connectivity index (χ2n) is 3.57.